The molecule has 4 aromatic carbocycles. The van der Waals surface area contributed by atoms with Crippen molar-refractivity contribution in [2.24, 2.45) is 0 Å². The Morgan fingerprint density at radius 1 is 0.661 bits per heavy atom. The van der Waals surface area contributed by atoms with E-state index in [0.717, 1.165) is 67.0 Å². The minimum Gasteiger partial charge on any atom is -0.493 e. The number of hydrogen-bond donors (Lipinski definition) is 3. The van der Waals surface area contributed by atoms with Crippen molar-refractivity contribution in [1.82, 2.24) is 14.7 Å². The number of likely N-dealkylation sites (N-methyl/N-ethyl adjacent to an activating group) is 1. The fourth-order valence-electron chi connectivity index (χ4n) is 8.69. The maximum Gasteiger partial charge on any atom is 0.260 e. The molecule has 0 aromatic heterocycles. The second-order valence-corrected chi connectivity index (χ2v) is 15.8. The zero-order valence-electron chi connectivity index (χ0n) is 33.8. The van der Waals surface area contributed by atoms with E-state index < -0.39 is 0 Å². The van der Waals surface area contributed by atoms with E-state index in [2.05, 4.69) is 51.7 Å². The number of piperazine rings is 1. The average Bonchev–Trinajstić information content (AvgIpc) is 3.84. The summed E-state index contributed by atoms with van der Waals surface area (Å²) in [4.78, 5) is 36.2. The predicted molar refractivity (Wildman–Crippen MR) is 231 cm³/mol. The van der Waals surface area contributed by atoms with Crippen molar-refractivity contribution < 1.29 is 28.5 Å². The first-order valence-electron chi connectivity index (χ1n) is 20.4. The van der Waals surface area contributed by atoms with Gasteiger partial charge in [0.2, 0.25) is 0 Å². The van der Waals surface area contributed by atoms with Gasteiger partial charge in [-0.05, 0) is 78.6 Å². The lowest BCUT2D eigenvalue weighted by Gasteiger charge is -2.34. The summed E-state index contributed by atoms with van der Waals surface area (Å²) in [5.74, 6) is 1.88. The van der Waals surface area contributed by atoms with Gasteiger partial charge in [-0.25, -0.2) is 0 Å². The fraction of sp³-hybridized carbons (Fsp3) is 0.348. The van der Waals surface area contributed by atoms with Crippen molar-refractivity contribution in [1.29, 1.82) is 0 Å². The van der Waals surface area contributed by atoms with Gasteiger partial charge >= 0.3 is 0 Å². The Kier molecular flexibility index (Phi) is 10.4. The van der Waals surface area contributed by atoms with Crippen LogP contribution < -0.4 is 40.2 Å². The van der Waals surface area contributed by atoms with Gasteiger partial charge in [-0.2, -0.15) is 0 Å². The summed E-state index contributed by atoms with van der Waals surface area (Å²) in [7, 11) is 5.32. The number of anilines is 4. The summed E-state index contributed by atoms with van der Waals surface area (Å²) in [6, 6.07) is 23.7. The molecule has 306 valence electrons. The number of nitrogens with two attached hydrogens (primary N) is 1. The molecule has 4 N–H and O–H groups in total. The van der Waals surface area contributed by atoms with Crippen LogP contribution in [0.1, 0.15) is 51.1 Å². The van der Waals surface area contributed by atoms with Gasteiger partial charge < -0.3 is 54.9 Å². The highest BCUT2D eigenvalue weighted by molar-refractivity contribution is 6.04. The standard InChI is InChI=1S/C46H51N7O6/c1-50-12-14-51(15-13-50)34-10-8-29(9-11-34)31-19-35-25-48-39-23-43(41(56-2)21-37(39)45(54)52(35)27-31)58-16-5-17-59-44-24-40-38(22-42(44)57-3)46(55)53-28-32(20-36(53)26-49-40)30-6-4-7-33(47)18-30/h4,6-11,18,21-24,27-28,35-36,48-49H,5,12-17,19-20,25-26,47H2,1-3H3/t35-,36-/m0/s1. The van der Waals surface area contributed by atoms with E-state index in [4.69, 9.17) is 24.7 Å². The first kappa shape index (κ1) is 38.2. The number of carbonyl (C=O) groups is 2. The van der Waals surface area contributed by atoms with Gasteiger partial charge in [0.25, 0.3) is 11.8 Å². The monoisotopic (exact) mass is 797 g/mol. The van der Waals surface area contributed by atoms with Gasteiger partial charge in [-0.1, -0.05) is 24.3 Å². The topological polar surface area (TPSA) is 134 Å². The Bertz CT molecular complexity index is 2320. The molecule has 5 aliphatic rings. The third kappa shape index (κ3) is 7.58. The fourth-order valence-corrected chi connectivity index (χ4v) is 8.69. The molecule has 0 unspecified atom stereocenters. The Labute approximate surface area is 344 Å². The van der Waals surface area contributed by atoms with E-state index in [1.54, 1.807) is 26.4 Å². The molecule has 0 bridgehead atoms. The number of methoxy groups -OCH3 is 2. The Morgan fingerprint density at radius 3 is 1.73 bits per heavy atom. The van der Waals surface area contributed by atoms with E-state index in [9.17, 15) is 9.59 Å². The number of nitrogens with one attached hydrogen (secondary N) is 2. The van der Waals surface area contributed by atoms with E-state index >= 15 is 0 Å². The zero-order chi connectivity index (χ0) is 40.6. The number of benzene rings is 4. The normalized spacial score (nSPS) is 19.9. The number of nitrogens with zero attached hydrogens (tertiary/aromatic N) is 4. The van der Waals surface area contributed by atoms with E-state index in [0.29, 0.717) is 78.2 Å². The number of amides is 2. The van der Waals surface area contributed by atoms with Crippen LogP contribution in [-0.4, -0.2) is 112 Å². The largest absolute Gasteiger partial charge is 0.493 e. The molecule has 0 spiro atoms. The third-order valence-electron chi connectivity index (χ3n) is 12.0. The molecule has 1 saturated heterocycles. The molecule has 5 aliphatic heterocycles. The lowest BCUT2D eigenvalue weighted by atomic mass is 10.0. The van der Waals surface area contributed by atoms with Gasteiger partial charge in [-0.15, -0.1) is 0 Å². The molecule has 0 radical (unpaired) electrons. The molecule has 5 heterocycles. The van der Waals surface area contributed by atoms with Crippen LogP contribution in [0.3, 0.4) is 0 Å². The number of hydrogen-bond acceptors (Lipinski definition) is 11. The summed E-state index contributed by atoms with van der Waals surface area (Å²) in [6.07, 6.45) is 6.01. The minimum atomic E-state index is -0.0953. The number of carbonyl (C=O) groups excluding carboxylic acids is 2. The third-order valence-corrected chi connectivity index (χ3v) is 12.0. The van der Waals surface area contributed by atoms with Crippen LogP contribution in [0.15, 0.2) is 85.2 Å². The maximum absolute atomic E-state index is 14.0. The van der Waals surface area contributed by atoms with Gasteiger partial charge in [0, 0.05) is 81.6 Å². The molecule has 0 aliphatic carbocycles. The molecule has 9 rings (SSSR count). The average molecular weight is 798 g/mol. The molecular weight excluding hydrogens is 747 g/mol. The van der Waals surface area contributed by atoms with Crippen molar-refractivity contribution in [2.75, 3.05) is 95.0 Å². The van der Waals surface area contributed by atoms with Crippen LogP contribution in [0.25, 0.3) is 11.1 Å². The van der Waals surface area contributed by atoms with Crippen molar-refractivity contribution in [2.45, 2.75) is 31.3 Å². The zero-order valence-corrected chi connectivity index (χ0v) is 33.8. The van der Waals surface area contributed by atoms with Crippen molar-refractivity contribution in [3.63, 3.8) is 0 Å². The summed E-state index contributed by atoms with van der Waals surface area (Å²) in [5.41, 5.74) is 14.9. The Balaban J connectivity index is 0.819. The Hall–Kier alpha value is -6.34. The van der Waals surface area contributed by atoms with Crippen LogP contribution in [0, 0.1) is 0 Å². The number of ether oxygens (including phenoxy) is 4. The highest BCUT2D eigenvalue weighted by Gasteiger charge is 2.36. The van der Waals surface area contributed by atoms with Crippen LogP contribution in [0.2, 0.25) is 0 Å². The molecule has 13 nitrogen and oxygen atoms in total. The first-order chi connectivity index (χ1) is 28.8. The van der Waals surface area contributed by atoms with Crippen LogP contribution in [0.5, 0.6) is 23.0 Å². The molecule has 2 amide bonds. The smallest absolute Gasteiger partial charge is 0.260 e. The highest BCUT2D eigenvalue weighted by atomic mass is 16.5. The molecule has 1 fully saturated rings. The van der Waals surface area contributed by atoms with E-state index in [-0.39, 0.29) is 23.9 Å². The molecule has 59 heavy (non-hydrogen) atoms. The van der Waals surface area contributed by atoms with Gasteiger partial charge in [0.05, 0.1) is 62.0 Å². The van der Waals surface area contributed by atoms with Gasteiger partial charge in [0.15, 0.2) is 23.0 Å². The summed E-state index contributed by atoms with van der Waals surface area (Å²) < 4.78 is 23.8. The molecule has 13 heteroatoms. The lowest BCUT2D eigenvalue weighted by Crippen LogP contribution is -2.44. The van der Waals surface area contributed by atoms with E-state index in [1.807, 2.05) is 58.6 Å². The summed E-state index contributed by atoms with van der Waals surface area (Å²) in [5, 5.41) is 6.99. The van der Waals surface area contributed by atoms with Crippen molar-refractivity contribution >= 4 is 45.7 Å². The number of rotatable bonds is 11. The second-order valence-electron chi connectivity index (χ2n) is 15.8. The first-order valence-corrected chi connectivity index (χ1v) is 20.4. The SMILES string of the molecule is COc1cc2c(cc1OCCCOc1cc3c(cc1OC)C(=O)N1C=C(c4cccc(N)c4)C[C@H]1CN3)NC[C@@H]1CC(c3ccc(N4CCN(C)CC4)cc3)=CN1C2=O. The lowest BCUT2D eigenvalue weighted by molar-refractivity contribution is 0.0788. The second kappa shape index (κ2) is 16.1. The van der Waals surface area contributed by atoms with Crippen molar-refractivity contribution in [3.8, 4) is 23.0 Å². The molecule has 4 aromatic rings. The van der Waals surface area contributed by atoms with Crippen LogP contribution in [-0.2, 0) is 0 Å². The van der Waals surface area contributed by atoms with Crippen LogP contribution >= 0.6 is 0 Å². The summed E-state index contributed by atoms with van der Waals surface area (Å²) in [6.45, 7) is 6.08. The number of nitrogen functional groups attached to an aromatic ring is 1. The maximum atomic E-state index is 14.0. The molecule has 2 atom stereocenters. The highest BCUT2D eigenvalue weighted by Crippen LogP contribution is 2.41. The van der Waals surface area contributed by atoms with Crippen LogP contribution in [0.4, 0.5) is 22.7 Å². The minimum absolute atomic E-state index is 0.00483. The summed E-state index contributed by atoms with van der Waals surface area (Å²) >= 11 is 0. The molecule has 0 saturated carbocycles. The number of fused-ring (bicyclic) bond motifs is 4. The quantitative estimate of drug-likeness (QED) is 0.118. The Morgan fingerprint density at radius 2 is 1.20 bits per heavy atom. The molecular formula is C46H51N7O6. The van der Waals surface area contributed by atoms with Crippen molar-refractivity contribution in [3.05, 3.63) is 107 Å². The van der Waals surface area contributed by atoms with E-state index in [1.165, 1.54) is 5.69 Å². The van der Waals surface area contributed by atoms with Gasteiger partial charge in [-0.3, -0.25) is 9.59 Å². The van der Waals surface area contributed by atoms with Gasteiger partial charge in [0.1, 0.15) is 0 Å². The predicted octanol–water partition coefficient (Wildman–Crippen LogP) is 6.25.